The van der Waals surface area contributed by atoms with E-state index in [-0.39, 0.29) is 6.61 Å². The van der Waals surface area contributed by atoms with Gasteiger partial charge in [0.05, 0.1) is 17.3 Å². The van der Waals surface area contributed by atoms with Crippen LogP contribution in [0.1, 0.15) is 10.4 Å². The van der Waals surface area contributed by atoms with E-state index in [1.165, 1.54) is 0 Å². The Balaban J connectivity index is 1.96. The van der Waals surface area contributed by atoms with Gasteiger partial charge < -0.3 is 9.15 Å². The van der Waals surface area contributed by atoms with Crippen LogP contribution < -0.4 is 0 Å². The van der Waals surface area contributed by atoms with Gasteiger partial charge in [0, 0.05) is 5.56 Å². The van der Waals surface area contributed by atoms with Crippen molar-refractivity contribution in [3.8, 4) is 28.8 Å². The number of hydrogen-bond donors (Lipinski definition) is 0. The van der Waals surface area contributed by atoms with Crippen molar-refractivity contribution in [1.29, 1.82) is 5.26 Å². The number of carbonyl (C=O) groups excluding carboxylic acids is 1. The third-order valence-corrected chi connectivity index (χ3v) is 3.21. The van der Waals surface area contributed by atoms with Crippen molar-refractivity contribution >= 4 is 5.97 Å². The van der Waals surface area contributed by atoms with Crippen molar-refractivity contribution in [2.24, 2.45) is 0 Å². The van der Waals surface area contributed by atoms with Gasteiger partial charge in [-0.2, -0.15) is 5.26 Å². The Bertz CT molecular complexity index is 863. The summed E-state index contributed by atoms with van der Waals surface area (Å²) in [6.45, 7) is -0.298. The van der Waals surface area contributed by atoms with Gasteiger partial charge in [-0.3, -0.25) is 0 Å². The molecule has 0 unspecified atom stereocenters. The van der Waals surface area contributed by atoms with Gasteiger partial charge in [-0.25, -0.2) is 9.78 Å². The van der Waals surface area contributed by atoms with Crippen LogP contribution in [0.3, 0.4) is 0 Å². The highest BCUT2D eigenvalue weighted by atomic mass is 16.5. The summed E-state index contributed by atoms with van der Waals surface area (Å²) in [5.41, 5.74) is 1.73. The molecule has 0 aliphatic carbocycles. The molecule has 3 rings (SSSR count). The third-order valence-electron chi connectivity index (χ3n) is 3.21. The molecule has 0 saturated heterocycles. The zero-order valence-corrected chi connectivity index (χ0v) is 12.1. The molecule has 1 aromatic heterocycles. The van der Waals surface area contributed by atoms with E-state index in [9.17, 15) is 4.79 Å². The molecule has 112 valence electrons. The molecular weight excluding hydrogens is 292 g/mol. The Hall–Kier alpha value is -3.39. The standard InChI is InChI=1S/C18H12N2O3/c19-10-11-22-18(21)15-9-5-4-8-14(15)17-20-12-16(23-17)13-6-2-1-3-7-13/h1-9,12H,11H2. The third kappa shape index (κ3) is 3.11. The second kappa shape index (κ2) is 6.58. The van der Waals surface area contributed by atoms with Crippen molar-refractivity contribution < 1.29 is 13.9 Å². The van der Waals surface area contributed by atoms with Crippen molar-refractivity contribution in [1.82, 2.24) is 4.98 Å². The molecule has 23 heavy (non-hydrogen) atoms. The summed E-state index contributed by atoms with van der Waals surface area (Å²) in [7, 11) is 0. The number of carbonyl (C=O) groups is 1. The number of oxazole rings is 1. The first-order valence-corrected chi connectivity index (χ1v) is 6.94. The first kappa shape index (κ1) is 14.5. The average molecular weight is 304 g/mol. The van der Waals surface area contributed by atoms with Crippen LogP contribution in [0.2, 0.25) is 0 Å². The van der Waals surface area contributed by atoms with Gasteiger partial charge >= 0.3 is 5.97 Å². The minimum Gasteiger partial charge on any atom is -0.447 e. The van der Waals surface area contributed by atoms with Gasteiger partial charge in [0.2, 0.25) is 5.89 Å². The average Bonchev–Trinajstić information content (AvgIpc) is 3.10. The number of aromatic nitrogens is 1. The lowest BCUT2D eigenvalue weighted by Gasteiger charge is -2.05. The minimum absolute atomic E-state index is 0.298. The second-order valence-electron chi connectivity index (χ2n) is 4.68. The maximum atomic E-state index is 12.0. The molecular formula is C18H12N2O3. The minimum atomic E-state index is -0.582. The van der Waals surface area contributed by atoms with Gasteiger partial charge in [0.25, 0.3) is 0 Å². The molecule has 2 aromatic carbocycles. The molecule has 0 amide bonds. The Morgan fingerprint density at radius 1 is 1.13 bits per heavy atom. The number of esters is 1. The number of rotatable bonds is 4. The molecule has 1 heterocycles. The molecule has 0 aliphatic rings. The number of ether oxygens (including phenoxy) is 1. The maximum Gasteiger partial charge on any atom is 0.339 e. The second-order valence-corrected chi connectivity index (χ2v) is 4.68. The molecule has 0 radical (unpaired) electrons. The lowest BCUT2D eigenvalue weighted by molar-refractivity contribution is 0.0555. The molecule has 5 nitrogen and oxygen atoms in total. The topological polar surface area (TPSA) is 76.1 Å². The molecule has 3 aromatic rings. The first-order valence-electron chi connectivity index (χ1n) is 6.94. The Kier molecular flexibility index (Phi) is 4.16. The van der Waals surface area contributed by atoms with E-state index < -0.39 is 5.97 Å². The molecule has 0 fully saturated rings. The lowest BCUT2D eigenvalue weighted by Crippen LogP contribution is -2.06. The summed E-state index contributed by atoms with van der Waals surface area (Å²) in [5.74, 6) is 0.357. The number of hydrogen-bond acceptors (Lipinski definition) is 5. The summed E-state index contributed by atoms with van der Waals surface area (Å²) >= 11 is 0. The smallest absolute Gasteiger partial charge is 0.339 e. The van der Waals surface area contributed by atoms with Gasteiger partial charge in [0.1, 0.15) is 6.07 Å². The predicted octanol–water partition coefficient (Wildman–Crippen LogP) is 3.69. The Labute approximate surface area is 132 Å². The highest BCUT2D eigenvalue weighted by Crippen LogP contribution is 2.28. The summed E-state index contributed by atoms with van der Waals surface area (Å²) < 4.78 is 10.6. The first-order chi connectivity index (χ1) is 11.3. The largest absolute Gasteiger partial charge is 0.447 e. The number of benzene rings is 2. The summed E-state index contributed by atoms with van der Waals surface area (Å²) in [6.07, 6.45) is 1.61. The van der Waals surface area contributed by atoms with Crippen LogP contribution in [0.4, 0.5) is 0 Å². The highest BCUT2D eigenvalue weighted by molar-refractivity contribution is 5.96. The van der Waals surface area contributed by atoms with E-state index in [1.807, 2.05) is 30.3 Å². The van der Waals surface area contributed by atoms with Crippen LogP contribution in [0, 0.1) is 11.3 Å². The molecule has 0 aliphatic heterocycles. The molecule has 0 atom stereocenters. The van der Waals surface area contributed by atoms with Crippen molar-refractivity contribution in [2.45, 2.75) is 0 Å². The van der Waals surface area contributed by atoms with Crippen LogP contribution in [0.25, 0.3) is 22.8 Å². The molecule has 0 saturated carbocycles. The van der Waals surface area contributed by atoms with E-state index in [2.05, 4.69) is 4.98 Å². The van der Waals surface area contributed by atoms with E-state index in [0.29, 0.717) is 22.8 Å². The molecule has 5 heteroatoms. The van der Waals surface area contributed by atoms with Crippen LogP contribution >= 0.6 is 0 Å². The predicted molar refractivity (Wildman–Crippen MR) is 83.3 cm³/mol. The monoisotopic (exact) mass is 304 g/mol. The fourth-order valence-corrected chi connectivity index (χ4v) is 2.16. The van der Waals surface area contributed by atoms with E-state index in [1.54, 1.807) is 36.5 Å². The van der Waals surface area contributed by atoms with Gasteiger partial charge in [-0.05, 0) is 12.1 Å². The number of nitriles is 1. The Morgan fingerprint density at radius 3 is 2.65 bits per heavy atom. The number of nitrogens with zero attached hydrogens (tertiary/aromatic N) is 2. The Morgan fingerprint density at radius 2 is 1.87 bits per heavy atom. The summed E-state index contributed by atoms with van der Waals surface area (Å²) in [5, 5.41) is 8.52. The SMILES string of the molecule is N#CCOC(=O)c1ccccc1-c1ncc(-c2ccccc2)o1. The molecule has 0 spiro atoms. The van der Waals surface area contributed by atoms with Crippen molar-refractivity contribution in [3.63, 3.8) is 0 Å². The quantitative estimate of drug-likeness (QED) is 0.687. The lowest BCUT2D eigenvalue weighted by atomic mass is 10.1. The van der Waals surface area contributed by atoms with Crippen molar-refractivity contribution in [3.05, 3.63) is 66.4 Å². The van der Waals surface area contributed by atoms with Crippen LogP contribution in [-0.2, 0) is 4.74 Å². The summed E-state index contributed by atoms with van der Waals surface area (Å²) in [6, 6.07) is 18.2. The van der Waals surface area contributed by atoms with E-state index >= 15 is 0 Å². The zero-order chi connectivity index (χ0) is 16.1. The van der Waals surface area contributed by atoms with Crippen LogP contribution in [-0.4, -0.2) is 17.6 Å². The summed E-state index contributed by atoms with van der Waals surface area (Å²) in [4.78, 5) is 16.3. The normalized spacial score (nSPS) is 10.0. The molecule has 0 bridgehead atoms. The van der Waals surface area contributed by atoms with E-state index in [0.717, 1.165) is 5.56 Å². The highest BCUT2D eigenvalue weighted by Gasteiger charge is 2.17. The van der Waals surface area contributed by atoms with E-state index in [4.69, 9.17) is 14.4 Å². The van der Waals surface area contributed by atoms with Crippen molar-refractivity contribution in [2.75, 3.05) is 6.61 Å². The van der Waals surface area contributed by atoms with Gasteiger partial charge in [-0.1, -0.05) is 42.5 Å². The fraction of sp³-hybridized carbons (Fsp3) is 0.0556. The fourth-order valence-electron chi connectivity index (χ4n) is 2.16. The van der Waals surface area contributed by atoms with Crippen LogP contribution in [0.5, 0.6) is 0 Å². The van der Waals surface area contributed by atoms with Gasteiger partial charge in [-0.15, -0.1) is 0 Å². The zero-order valence-electron chi connectivity index (χ0n) is 12.1. The molecule has 0 N–H and O–H groups in total. The van der Waals surface area contributed by atoms with Crippen LogP contribution in [0.15, 0.2) is 65.2 Å². The maximum absolute atomic E-state index is 12.0. The van der Waals surface area contributed by atoms with Gasteiger partial charge in [0.15, 0.2) is 12.4 Å².